The fraction of sp³-hybridized carbons (Fsp3) is 0.500. The second kappa shape index (κ2) is 3.84. The minimum absolute atomic E-state index is 0.256. The standard InChI is InChI=1S/C16H17NO3/c18-14(13-8-16(13)4-5-16)17-6-3-10-1-2-11(15(19)20)7-12(10)9-17/h1-2,7,13H,3-6,8-9H2,(H,19,20). The number of hydrogen-bond donors (Lipinski definition) is 1. The number of nitrogens with zero attached hydrogens (tertiary/aromatic N) is 1. The number of carboxylic acid groups (broad SMARTS) is 1. The molecule has 4 nitrogen and oxygen atoms in total. The molecule has 4 heteroatoms. The van der Waals surface area contributed by atoms with Crippen molar-refractivity contribution >= 4 is 11.9 Å². The van der Waals surface area contributed by atoms with Gasteiger partial charge >= 0.3 is 5.97 Å². The Morgan fingerprint density at radius 2 is 2.05 bits per heavy atom. The molecule has 3 aliphatic rings. The van der Waals surface area contributed by atoms with Crippen molar-refractivity contribution in [2.45, 2.75) is 32.2 Å². The predicted molar refractivity (Wildman–Crippen MR) is 72.3 cm³/mol. The van der Waals surface area contributed by atoms with E-state index >= 15 is 0 Å². The van der Waals surface area contributed by atoms with Crippen LogP contribution in [-0.4, -0.2) is 28.4 Å². The maximum atomic E-state index is 12.5. The van der Waals surface area contributed by atoms with Crippen LogP contribution in [0.3, 0.4) is 0 Å². The molecule has 2 fully saturated rings. The summed E-state index contributed by atoms with van der Waals surface area (Å²) in [5.74, 6) is -0.365. The second-order valence-corrected chi connectivity index (χ2v) is 6.42. The molecule has 1 amide bonds. The maximum Gasteiger partial charge on any atom is 0.335 e. The number of benzene rings is 1. The van der Waals surface area contributed by atoms with Crippen LogP contribution in [-0.2, 0) is 17.8 Å². The van der Waals surface area contributed by atoms with Crippen LogP contribution in [0.2, 0.25) is 0 Å². The normalized spacial score (nSPS) is 25.2. The van der Waals surface area contributed by atoms with Crippen molar-refractivity contribution in [1.29, 1.82) is 0 Å². The van der Waals surface area contributed by atoms with Crippen LogP contribution in [0.1, 0.15) is 40.7 Å². The van der Waals surface area contributed by atoms with E-state index in [0.29, 0.717) is 17.5 Å². The zero-order chi connectivity index (χ0) is 13.9. The van der Waals surface area contributed by atoms with E-state index in [1.54, 1.807) is 12.1 Å². The topological polar surface area (TPSA) is 57.6 Å². The molecule has 2 aliphatic carbocycles. The lowest BCUT2D eigenvalue weighted by atomic mass is 9.97. The molecule has 0 aromatic heterocycles. The summed E-state index contributed by atoms with van der Waals surface area (Å²) in [5.41, 5.74) is 2.87. The molecule has 1 spiro atoms. The van der Waals surface area contributed by atoms with Crippen molar-refractivity contribution < 1.29 is 14.7 Å². The molecule has 1 aromatic carbocycles. The first-order valence-corrected chi connectivity index (χ1v) is 7.23. The number of amides is 1. The highest BCUT2D eigenvalue weighted by Crippen LogP contribution is 2.71. The summed E-state index contributed by atoms with van der Waals surface area (Å²) in [7, 11) is 0. The monoisotopic (exact) mass is 271 g/mol. The Balaban J connectivity index is 1.54. The number of fused-ring (bicyclic) bond motifs is 1. The average Bonchev–Trinajstić information content (AvgIpc) is 3.37. The van der Waals surface area contributed by atoms with E-state index in [9.17, 15) is 9.59 Å². The molecule has 2 saturated carbocycles. The molecule has 1 aromatic rings. The third-order valence-corrected chi connectivity index (χ3v) is 5.16. The number of hydrogen-bond acceptors (Lipinski definition) is 2. The lowest BCUT2D eigenvalue weighted by Gasteiger charge is -2.29. The van der Waals surface area contributed by atoms with Gasteiger partial charge in [-0.05, 0) is 54.4 Å². The molecule has 0 radical (unpaired) electrons. The SMILES string of the molecule is O=C(O)c1ccc2c(c1)CN(C(=O)C1CC13CC3)CC2. The Hall–Kier alpha value is -1.84. The molecular weight excluding hydrogens is 254 g/mol. The van der Waals surface area contributed by atoms with E-state index < -0.39 is 5.97 Å². The molecule has 1 unspecified atom stereocenters. The number of rotatable bonds is 2. The Bertz CT molecular complexity index is 618. The first kappa shape index (κ1) is 11.9. The van der Waals surface area contributed by atoms with Gasteiger partial charge in [0, 0.05) is 19.0 Å². The van der Waals surface area contributed by atoms with Gasteiger partial charge in [-0.1, -0.05) is 6.07 Å². The largest absolute Gasteiger partial charge is 0.478 e. The molecule has 20 heavy (non-hydrogen) atoms. The maximum absolute atomic E-state index is 12.5. The van der Waals surface area contributed by atoms with Crippen LogP contribution in [0, 0.1) is 11.3 Å². The van der Waals surface area contributed by atoms with Gasteiger partial charge in [0.25, 0.3) is 0 Å². The number of carbonyl (C=O) groups is 2. The molecule has 0 saturated heterocycles. The van der Waals surface area contributed by atoms with Crippen LogP contribution >= 0.6 is 0 Å². The van der Waals surface area contributed by atoms with Gasteiger partial charge in [-0.15, -0.1) is 0 Å². The first-order chi connectivity index (χ1) is 9.59. The fourth-order valence-electron chi connectivity index (χ4n) is 3.51. The quantitative estimate of drug-likeness (QED) is 0.895. The Morgan fingerprint density at radius 3 is 2.70 bits per heavy atom. The van der Waals surface area contributed by atoms with Gasteiger partial charge in [-0.2, -0.15) is 0 Å². The fourth-order valence-corrected chi connectivity index (χ4v) is 3.51. The first-order valence-electron chi connectivity index (χ1n) is 7.23. The average molecular weight is 271 g/mol. The van der Waals surface area contributed by atoms with Crippen molar-refractivity contribution in [2.24, 2.45) is 11.3 Å². The summed E-state index contributed by atoms with van der Waals surface area (Å²) in [6.45, 7) is 1.34. The highest BCUT2D eigenvalue weighted by Gasteiger charge is 2.66. The highest BCUT2D eigenvalue weighted by atomic mass is 16.4. The van der Waals surface area contributed by atoms with Crippen molar-refractivity contribution in [1.82, 2.24) is 4.90 Å². The van der Waals surface area contributed by atoms with Crippen molar-refractivity contribution in [2.75, 3.05) is 6.54 Å². The van der Waals surface area contributed by atoms with Crippen molar-refractivity contribution in [3.05, 3.63) is 34.9 Å². The van der Waals surface area contributed by atoms with Crippen LogP contribution in [0.5, 0.6) is 0 Å². The van der Waals surface area contributed by atoms with Crippen molar-refractivity contribution in [3.63, 3.8) is 0 Å². The summed E-state index contributed by atoms with van der Waals surface area (Å²) in [5, 5.41) is 9.06. The number of aromatic carboxylic acids is 1. The van der Waals surface area contributed by atoms with Gasteiger partial charge in [0.1, 0.15) is 0 Å². The van der Waals surface area contributed by atoms with Crippen LogP contribution < -0.4 is 0 Å². The highest BCUT2D eigenvalue weighted by molar-refractivity contribution is 5.88. The van der Waals surface area contributed by atoms with Gasteiger partial charge in [-0.25, -0.2) is 4.79 Å². The van der Waals surface area contributed by atoms with E-state index in [0.717, 1.165) is 24.9 Å². The van der Waals surface area contributed by atoms with Crippen LogP contribution in [0.4, 0.5) is 0 Å². The Morgan fingerprint density at radius 1 is 1.25 bits per heavy atom. The van der Waals surface area contributed by atoms with E-state index in [2.05, 4.69) is 0 Å². The van der Waals surface area contributed by atoms with Crippen LogP contribution in [0.25, 0.3) is 0 Å². The van der Waals surface area contributed by atoms with Crippen molar-refractivity contribution in [3.8, 4) is 0 Å². The Labute approximate surface area is 117 Å². The predicted octanol–water partition coefficient (Wildman–Crippen LogP) is 2.07. The van der Waals surface area contributed by atoms with E-state index in [1.807, 2.05) is 11.0 Å². The molecule has 1 N–H and O–H groups in total. The van der Waals surface area contributed by atoms with E-state index in [-0.39, 0.29) is 11.8 Å². The Kier molecular flexibility index (Phi) is 2.29. The molecular formula is C16H17NO3. The van der Waals surface area contributed by atoms with Gasteiger partial charge < -0.3 is 10.0 Å². The van der Waals surface area contributed by atoms with E-state index in [1.165, 1.54) is 18.4 Å². The van der Waals surface area contributed by atoms with Gasteiger partial charge in [0.2, 0.25) is 5.91 Å². The lowest BCUT2D eigenvalue weighted by molar-refractivity contribution is -0.134. The summed E-state index contributed by atoms with van der Waals surface area (Å²) in [6.07, 6.45) is 4.35. The molecule has 1 atom stereocenters. The summed E-state index contributed by atoms with van der Waals surface area (Å²) < 4.78 is 0. The van der Waals surface area contributed by atoms with Crippen LogP contribution in [0.15, 0.2) is 18.2 Å². The molecule has 0 bridgehead atoms. The second-order valence-electron chi connectivity index (χ2n) is 6.42. The van der Waals surface area contributed by atoms with Gasteiger partial charge in [0.05, 0.1) is 5.56 Å². The van der Waals surface area contributed by atoms with E-state index in [4.69, 9.17) is 5.11 Å². The molecule has 104 valence electrons. The zero-order valence-corrected chi connectivity index (χ0v) is 11.3. The smallest absolute Gasteiger partial charge is 0.335 e. The third-order valence-electron chi connectivity index (χ3n) is 5.16. The van der Waals surface area contributed by atoms with Gasteiger partial charge in [-0.3, -0.25) is 4.79 Å². The zero-order valence-electron chi connectivity index (χ0n) is 11.3. The number of carboxylic acids is 1. The molecule has 1 heterocycles. The van der Waals surface area contributed by atoms with Gasteiger partial charge in [0.15, 0.2) is 0 Å². The minimum atomic E-state index is -0.907. The minimum Gasteiger partial charge on any atom is -0.478 e. The lowest BCUT2D eigenvalue weighted by Crippen LogP contribution is -2.37. The summed E-state index contributed by atoms with van der Waals surface area (Å²) in [6, 6.07) is 5.26. The number of carbonyl (C=O) groups excluding carboxylic acids is 1. The molecule has 1 aliphatic heterocycles. The third kappa shape index (κ3) is 1.74. The molecule has 4 rings (SSSR count). The summed E-state index contributed by atoms with van der Waals surface area (Å²) in [4.78, 5) is 25.4. The summed E-state index contributed by atoms with van der Waals surface area (Å²) >= 11 is 0.